The Morgan fingerprint density at radius 1 is 0.906 bits per heavy atom. The predicted molar refractivity (Wildman–Crippen MR) is 128 cm³/mol. The van der Waals surface area contributed by atoms with Gasteiger partial charge in [0.2, 0.25) is 5.91 Å². The van der Waals surface area contributed by atoms with Crippen LogP contribution in [0.15, 0.2) is 48.5 Å². The average Bonchev–Trinajstić information content (AvgIpc) is 2.81. The Labute approximate surface area is 190 Å². The molecule has 174 valence electrons. The van der Waals surface area contributed by atoms with Gasteiger partial charge in [0.05, 0.1) is 13.2 Å². The number of anilines is 2. The molecule has 0 spiro atoms. The summed E-state index contributed by atoms with van der Waals surface area (Å²) in [4.78, 5) is 24.4. The summed E-state index contributed by atoms with van der Waals surface area (Å²) in [7, 11) is 1.63. The second-order valence-corrected chi connectivity index (χ2v) is 7.52. The van der Waals surface area contributed by atoms with E-state index in [1.54, 1.807) is 31.4 Å². The maximum atomic E-state index is 12.3. The van der Waals surface area contributed by atoms with Crippen LogP contribution in [0.3, 0.4) is 0 Å². The molecule has 0 unspecified atom stereocenters. The Bertz CT molecular complexity index is 824. The maximum Gasteiger partial charge on any atom is 0.251 e. The third-order valence-corrected chi connectivity index (χ3v) is 4.80. The zero-order valence-corrected chi connectivity index (χ0v) is 19.1. The molecule has 7 heteroatoms. The topological polar surface area (TPSA) is 88.7 Å². The Balaban J connectivity index is 1.73. The number of amides is 2. The minimum atomic E-state index is -0.162. The summed E-state index contributed by atoms with van der Waals surface area (Å²) in [5.74, 6) is 0.464. The summed E-state index contributed by atoms with van der Waals surface area (Å²) in [6, 6.07) is 14.4. The van der Waals surface area contributed by atoms with E-state index >= 15 is 0 Å². The molecule has 0 saturated heterocycles. The van der Waals surface area contributed by atoms with Crippen molar-refractivity contribution >= 4 is 23.2 Å². The molecule has 0 bridgehead atoms. The van der Waals surface area contributed by atoms with Gasteiger partial charge in [0.25, 0.3) is 5.91 Å². The molecule has 0 radical (unpaired) electrons. The summed E-state index contributed by atoms with van der Waals surface area (Å²) >= 11 is 0. The summed E-state index contributed by atoms with van der Waals surface area (Å²) in [5.41, 5.74) is 2.03. The molecule has 2 amide bonds. The fraction of sp³-hybridized carbons (Fsp3) is 0.440. The van der Waals surface area contributed by atoms with Crippen molar-refractivity contribution in [3.63, 3.8) is 0 Å². The van der Waals surface area contributed by atoms with Gasteiger partial charge in [-0.3, -0.25) is 9.59 Å². The molecule has 3 N–H and O–H groups in total. The molecular formula is C25H35N3O4. The van der Waals surface area contributed by atoms with Gasteiger partial charge < -0.3 is 25.4 Å². The molecule has 0 aromatic heterocycles. The minimum Gasteiger partial charge on any atom is -0.494 e. The molecule has 2 aromatic carbocycles. The van der Waals surface area contributed by atoms with Crippen molar-refractivity contribution < 1.29 is 19.1 Å². The molecule has 0 heterocycles. The Morgan fingerprint density at radius 2 is 1.72 bits per heavy atom. The van der Waals surface area contributed by atoms with Crippen molar-refractivity contribution in [3.05, 3.63) is 54.1 Å². The highest BCUT2D eigenvalue weighted by molar-refractivity contribution is 5.95. The van der Waals surface area contributed by atoms with E-state index in [2.05, 4.69) is 22.9 Å². The molecule has 0 aliphatic carbocycles. The van der Waals surface area contributed by atoms with Crippen LogP contribution in [0.5, 0.6) is 5.75 Å². The van der Waals surface area contributed by atoms with Crippen LogP contribution in [-0.4, -0.2) is 45.2 Å². The first-order valence-corrected chi connectivity index (χ1v) is 11.3. The fourth-order valence-electron chi connectivity index (χ4n) is 3.03. The third kappa shape index (κ3) is 9.83. The summed E-state index contributed by atoms with van der Waals surface area (Å²) in [6.45, 7) is 4.16. The van der Waals surface area contributed by atoms with Gasteiger partial charge in [-0.2, -0.15) is 0 Å². The van der Waals surface area contributed by atoms with Gasteiger partial charge in [-0.15, -0.1) is 0 Å². The van der Waals surface area contributed by atoms with Crippen molar-refractivity contribution in [2.24, 2.45) is 0 Å². The fourth-order valence-corrected chi connectivity index (χ4v) is 3.03. The Kier molecular flexibility index (Phi) is 11.7. The monoisotopic (exact) mass is 441 g/mol. The van der Waals surface area contributed by atoms with Crippen LogP contribution in [0.2, 0.25) is 0 Å². The Morgan fingerprint density at radius 3 is 2.47 bits per heavy atom. The van der Waals surface area contributed by atoms with Crippen molar-refractivity contribution in [2.45, 2.75) is 39.0 Å². The molecule has 0 aliphatic rings. The molecule has 0 fully saturated rings. The molecule has 7 nitrogen and oxygen atoms in total. The molecular weight excluding hydrogens is 406 g/mol. The van der Waals surface area contributed by atoms with Crippen LogP contribution >= 0.6 is 0 Å². The van der Waals surface area contributed by atoms with E-state index in [0.29, 0.717) is 31.0 Å². The van der Waals surface area contributed by atoms with Gasteiger partial charge in [-0.25, -0.2) is 0 Å². The van der Waals surface area contributed by atoms with Gasteiger partial charge in [0.15, 0.2) is 0 Å². The lowest BCUT2D eigenvalue weighted by molar-refractivity contribution is -0.114. The predicted octanol–water partition coefficient (Wildman–Crippen LogP) is 4.46. The number of carbonyl (C=O) groups is 2. The zero-order chi connectivity index (χ0) is 23.0. The number of nitrogens with one attached hydrogen (secondary N) is 3. The number of carbonyl (C=O) groups excluding carboxylic acids is 2. The largest absolute Gasteiger partial charge is 0.494 e. The quantitative estimate of drug-likeness (QED) is 0.355. The van der Waals surface area contributed by atoms with Gasteiger partial charge in [-0.1, -0.05) is 32.3 Å². The van der Waals surface area contributed by atoms with Gasteiger partial charge in [0, 0.05) is 43.3 Å². The van der Waals surface area contributed by atoms with E-state index in [9.17, 15) is 9.59 Å². The van der Waals surface area contributed by atoms with Crippen molar-refractivity contribution in [3.8, 4) is 5.75 Å². The SMILES string of the molecule is CCCCCCOc1cccc(NC(=O)CNc2ccc(C(=O)NCCCOC)cc2)c1. The maximum absolute atomic E-state index is 12.3. The van der Waals surface area contributed by atoms with Crippen LogP contribution in [-0.2, 0) is 9.53 Å². The first-order valence-electron chi connectivity index (χ1n) is 11.3. The average molecular weight is 442 g/mol. The Hall–Kier alpha value is -3.06. The first kappa shape index (κ1) is 25.2. The summed E-state index contributed by atoms with van der Waals surface area (Å²) in [5, 5.41) is 8.78. The highest BCUT2D eigenvalue weighted by atomic mass is 16.5. The van der Waals surface area contributed by atoms with Crippen molar-refractivity contribution in [1.82, 2.24) is 5.32 Å². The second kappa shape index (κ2) is 14.9. The number of ether oxygens (including phenoxy) is 2. The first-order chi connectivity index (χ1) is 15.6. The second-order valence-electron chi connectivity index (χ2n) is 7.52. The third-order valence-electron chi connectivity index (χ3n) is 4.80. The van der Waals surface area contributed by atoms with Gasteiger partial charge in [-0.05, 0) is 49.2 Å². The van der Waals surface area contributed by atoms with Crippen LogP contribution in [0.1, 0.15) is 49.4 Å². The van der Waals surface area contributed by atoms with Crippen molar-refractivity contribution in [1.29, 1.82) is 0 Å². The summed E-state index contributed by atoms with van der Waals surface area (Å²) < 4.78 is 10.7. The highest BCUT2D eigenvalue weighted by Crippen LogP contribution is 2.18. The number of methoxy groups -OCH3 is 1. The standard InChI is InChI=1S/C25H35N3O4/c1-3-4-5-6-17-32-23-10-7-9-22(18-23)28-24(29)19-27-21-13-11-20(12-14-21)25(30)26-15-8-16-31-2/h7,9-14,18,27H,3-6,8,15-17,19H2,1-2H3,(H,26,30)(H,28,29). The van der Waals surface area contributed by atoms with Gasteiger partial charge in [0.1, 0.15) is 5.75 Å². The normalized spacial score (nSPS) is 10.4. The zero-order valence-electron chi connectivity index (χ0n) is 19.1. The molecule has 2 rings (SSSR count). The lowest BCUT2D eigenvalue weighted by Gasteiger charge is -2.11. The molecule has 32 heavy (non-hydrogen) atoms. The van der Waals surface area contributed by atoms with E-state index in [1.807, 2.05) is 24.3 Å². The van der Waals surface area contributed by atoms with E-state index in [0.717, 1.165) is 24.3 Å². The van der Waals surface area contributed by atoms with Gasteiger partial charge >= 0.3 is 0 Å². The van der Waals surface area contributed by atoms with Crippen LogP contribution in [0, 0.1) is 0 Å². The minimum absolute atomic E-state index is 0.116. The van der Waals surface area contributed by atoms with E-state index < -0.39 is 0 Å². The van der Waals surface area contributed by atoms with Crippen molar-refractivity contribution in [2.75, 3.05) is 44.0 Å². The highest BCUT2D eigenvalue weighted by Gasteiger charge is 2.06. The van der Waals surface area contributed by atoms with E-state index in [4.69, 9.17) is 9.47 Å². The van der Waals surface area contributed by atoms with Crippen LogP contribution in [0.4, 0.5) is 11.4 Å². The number of rotatable bonds is 15. The number of hydrogen-bond donors (Lipinski definition) is 3. The lowest BCUT2D eigenvalue weighted by atomic mass is 10.2. The molecule has 0 saturated carbocycles. The van der Waals surface area contributed by atoms with E-state index in [1.165, 1.54) is 19.3 Å². The molecule has 2 aromatic rings. The smallest absolute Gasteiger partial charge is 0.251 e. The molecule has 0 atom stereocenters. The number of hydrogen-bond acceptors (Lipinski definition) is 5. The molecule has 0 aliphatic heterocycles. The van der Waals surface area contributed by atoms with Crippen LogP contribution in [0.25, 0.3) is 0 Å². The van der Waals surface area contributed by atoms with Crippen LogP contribution < -0.4 is 20.7 Å². The number of benzene rings is 2. The lowest BCUT2D eigenvalue weighted by Crippen LogP contribution is -2.25. The van der Waals surface area contributed by atoms with E-state index in [-0.39, 0.29) is 18.4 Å². The summed E-state index contributed by atoms with van der Waals surface area (Å²) in [6.07, 6.45) is 5.38. The number of unbranched alkanes of at least 4 members (excludes halogenated alkanes) is 3.